The van der Waals surface area contributed by atoms with Crippen molar-refractivity contribution >= 4 is 33.2 Å². The number of amides is 1. The van der Waals surface area contributed by atoms with Gasteiger partial charge >= 0.3 is 0 Å². The monoisotopic (exact) mass is 600 g/mol. The number of halogens is 1. The smallest absolute Gasteiger partial charge is 0.264 e. The molecule has 1 saturated carbocycles. The maximum Gasteiger partial charge on any atom is 0.264 e. The molecule has 1 saturated heterocycles. The number of aliphatic hydroxyl groups is 1. The molecule has 0 aromatic heterocycles. The van der Waals surface area contributed by atoms with E-state index < -0.39 is 27.3 Å². The summed E-state index contributed by atoms with van der Waals surface area (Å²) in [6, 6.07) is 11.0. The number of ether oxygens (including phenoxy) is 2. The van der Waals surface area contributed by atoms with Crippen molar-refractivity contribution in [3.8, 4) is 5.75 Å². The number of hydrogen-bond acceptors (Lipinski definition) is 7. The lowest BCUT2D eigenvalue weighted by Gasteiger charge is -2.42. The number of rotatable bonds is 0. The standard InChI is InChI=1S/C31H37ClN2O6S/c32-25-10-7-23-18-40-29-12-9-21-15-27(29)34(13-2-1-4-20(23)14-25)16-22-8-11-26(22)28(35)6-3-5-24-17-39-19-30(24)41(37,38)33-31(21)36/h3,6-7,9-10,12,14-15,22,24,26,28,30,35H,1-2,4-5,8,11,13,16-19H2,(H,33,36)/b6-3+/t22-,24?,26+,28+,30+/m0/s1. The number of carbonyl (C=O) groups excluding carboxylic acids is 1. The molecule has 0 radical (unpaired) electrons. The number of benzene rings is 2. The van der Waals surface area contributed by atoms with E-state index in [2.05, 4.69) is 9.62 Å². The van der Waals surface area contributed by atoms with E-state index >= 15 is 0 Å². The minimum Gasteiger partial charge on any atom is -0.487 e. The van der Waals surface area contributed by atoms with Crippen LogP contribution in [0.1, 0.15) is 53.6 Å². The molecule has 2 bridgehead atoms. The van der Waals surface area contributed by atoms with Crippen molar-refractivity contribution in [1.82, 2.24) is 4.72 Å². The Hall–Kier alpha value is -2.59. The van der Waals surface area contributed by atoms with Crippen molar-refractivity contribution in [3.63, 3.8) is 0 Å². The van der Waals surface area contributed by atoms with Gasteiger partial charge in [0, 0.05) is 29.6 Å². The molecule has 1 aliphatic carbocycles. The normalized spacial score (nSPS) is 30.7. The van der Waals surface area contributed by atoms with Crippen molar-refractivity contribution in [3.05, 3.63) is 70.3 Å². The van der Waals surface area contributed by atoms with Gasteiger partial charge in [0.1, 0.15) is 17.6 Å². The summed E-state index contributed by atoms with van der Waals surface area (Å²) in [6.45, 7) is 2.14. The Morgan fingerprint density at radius 2 is 1.90 bits per heavy atom. The van der Waals surface area contributed by atoms with Gasteiger partial charge in [-0.05, 0) is 91.8 Å². The lowest BCUT2D eigenvalue weighted by molar-refractivity contribution is 0.0460. The number of carbonyl (C=O) groups is 1. The first-order chi connectivity index (χ1) is 19.8. The number of nitrogens with zero attached hydrogens (tertiary/aromatic N) is 1. The SMILES string of the molecule is O=C1NS(=O)(=O)[C@@H]2COCC2C/C=C/[C@@H](O)[C@@H]2CC[C@H]2CN2CCCCc3cc(Cl)ccc3COc3ccc1cc32. The Morgan fingerprint density at radius 1 is 1.02 bits per heavy atom. The van der Waals surface area contributed by atoms with E-state index in [4.69, 9.17) is 21.1 Å². The molecule has 220 valence electrons. The van der Waals surface area contributed by atoms with Gasteiger partial charge in [0.25, 0.3) is 5.91 Å². The van der Waals surface area contributed by atoms with Crippen molar-refractivity contribution in [2.75, 3.05) is 31.2 Å². The zero-order chi connectivity index (χ0) is 28.6. The van der Waals surface area contributed by atoms with Gasteiger partial charge in [-0.3, -0.25) is 4.79 Å². The Balaban J connectivity index is 1.38. The summed E-state index contributed by atoms with van der Waals surface area (Å²) in [6.07, 6.45) is 8.28. The summed E-state index contributed by atoms with van der Waals surface area (Å²) in [7, 11) is -3.98. The third kappa shape index (κ3) is 6.14. The summed E-state index contributed by atoms with van der Waals surface area (Å²) in [5.41, 5.74) is 3.26. The molecule has 3 heterocycles. The largest absolute Gasteiger partial charge is 0.487 e. The Kier molecular flexibility index (Phi) is 8.32. The average Bonchev–Trinajstić information content (AvgIpc) is 3.39. The van der Waals surface area contributed by atoms with Crippen molar-refractivity contribution < 1.29 is 27.8 Å². The van der Waals surface area contributed by atoms with E-state index in [0.29, 0.717) is 37.0 Å². The topological polar surface area (TPSA) is 105 Å². The van der Waals surface area contributed by atoms with Gasteiger partial charge in [-0.2, -0.15) is 0 Å². The Morgan fingerprint density at radius 3 is 2.73 bits per heavy atom. The van der Waals surface area contributed by atoms with Crippen LogP contribution < -0.4 is 14.4 Å². The lowest BCUT2D eigenvalue weighted by Crippen LogP contribution is -2.44. The molecule has 2 fully saturated rings. The van der Waals surface area contributed by atoms with Crippen LogP contribution in [0.15, 0.2) is 48.6 Å². The molecule has 2 aromatic rings. The fraction of sp³-hybridized carbons (Fsp3) is 0.516. The third-order valence-electron chi connectivity index (χ3n) is 9.15. The van der Waals surface area contributed by atoms with E-state index in [0.717, 1.165) is 49.9 Å². The predicted octanol–water partition coefficient (Wildman–Crippen LogP) is 4.48. The highest BCUT2D eigenvalue weighted by atomic mass is 35.5. The number of hydrogen-bond donors (Lipinski definition) is 2. The Bertz CT molecular complexity index is 1430. The zero-order valence-corrected chi connectivity index (χ0v) is 24.6. The van der Waals surface area contributed by atoms with Gasteiger partial charge in [0.15, 0.2) is 0 Å². The molecule has 4 aliphatic rings. The molecule has 3 aliphatic heterocycles. The molecule has 2 N–H and O–H groups in total. The molecule has 8 nitrogen and oxygen atoms in total. The predicted molar refractivity (Wildman–Crippen MR) is 158 cm³/mol. The average molecular weight is 601 g/mol. The van der Waals surface area contributed by atoms with Crippen molar-refractivity contribution in [1.29, 1.82) is 0 Å². The first-order valence-corrected chi connectivity index (χ1v) is 16.5. The molecule has 5 atom stereocenters. The second-order valence-electron chi connectivity index (χ2n) is 11.8. The van der Waals surface area contributed by atoms with Crippen LogP contribution in [0, 0.1) is 17.8 Å². The van der Waals surface area contributed by atoms with Crippen LogP contribution in [0.4, 0.5) is 5.69 Å². The van der Waals surface area contributed by atoms with Gasteiger partial charge in [-0.1, -0.05) is 29.8 Å². The molecule has 1 unspecified atom stereocenters. The van der Waals surface area contributed by atoms with Crippen molar-refractivity contribution in [2.45, 2.75) is 56.5 Å². The summed E-state index contributed by atoms with van der Waals surface area (Å²) in [4.78, 5) is 15.6. The molecule has 6 rings (SSSR count). The molecule has 10 heteroatoms. The number of allylic oxidation sites excluding steroid dienone is 1. The maximum absolute atomic E-state index is 13.3. The highest BCUT2D eigenvalue weighted by molar-refractivity contribution is 7.90. The van der Waals surface area contributed by atoms with Crippen LogP contribution in [-0.4, -0.2) is 57.1 Å². The van der Waals surface area contributed by atoms with E-state index in [1.807, 2.05) is 30.4 Å². The first-order valence-electron chi connectivity index (χ1n) is 14.6. The van der Waals surface area contributed by atoms with E-state index in [9.17, 15) is 18.3 Å². The highest BCUT2D eigenvalue weighted by Crippen LogP contribution is 2.41. The maximum atomic E-state index is 13.3. The van der Waals surface area contributed by atoms with Crippen LogP contribution in [0.2, 0.25) is 5.02 Å². The van der Waals surface area contributed by atoms with Crippen LogP contribution in [-0.2, 0) is 27.8 Å². The van der Waals surface area contributed by atoms with Crippen LogP contribution in [0.25, 0.3) is 0 Å². The summed E-state index contributed by atoms with van der Waals surface area (Å²) in [5.74, 6) is 0.0972. The number of fused-ring (bicyclic) bond motifs is 4. The van der Waals surface area contributed by atoms with Gasteiger partial charge in [0.05, 0.1) is 25.0 Å². The molecular formula is C31H37ClN2O6S. The van der Waals surface area contributed by atoms with Gasteiger partial charge in [0.2, 0.25) is 10.0 Å². The number of nitrogens with one attached hydrogen (secondary N) is 1. The minimum absolute atomic E-state index is 0.0346. The number of aliphatic hydroxyl groups excluding tert-OH is 1. The van der Waals surface area contributed by atoms with E-state index in [1.54, 1.807) is 18.2 Å². The first kappa shape index (κ1) is 28.5. The second kappa shape index (κ2) is 12.0. The van der Waals surface area contributed by atoms with Crippen molar-refractivity contribution in [2.24, 2.45) is 17.8 Å². The van der Waals surface area contributed by atoms with E-state index in [-0.39, 0.29) is 29.9 Å². The zero-order valence-electron chi connectivity index (χ0n) is 23.0. The molecular weight excluding hydrogens is 564 g/mol. The van der Waals surface area contributed by atoms with Gasteiger partial charge in [-0.25, -0.2) is 13.1 Å². The second-order valence-corrected chi connectivity index (χ2v) is 14.1. The fourth-order valence-corrected chi connectivity index (χ4v) is 8.27. The van der Waals surface area contributed by atoms with Crippen LogP contribution in [0.5, 0.6) is 5.75 Å². The van der Waals surface area contributed by atoms with E-state index in [1.165, 1.54) is 5.56 Å². The lowest BCUT2D eigenvalue weighted by atomic mass is 9.70. The van der Waals surface area contributed by atoms with Gasteiger partial charge < -0.3 is 19.5 Å². The molecule has 1 amide bonds. The minimum atomic E-state index is -3.98. The fourth-order valence-electron chi connectivity index (χ4n) is 6.57. The number of aryl methyl sites for hydroxylation is 1. The third-order valence-corrected chi connectivity index (χ3v) is 11.2. The van der Waals surface area contributed by atoms with Gasteiger partial charge in [-0.15, -0.1) is 0 Å². The molecule has 0 spiro atoms. The van der Waals surface area contributed by atoms with Crippen LogP contribution >= 0.6 is 11.6 Å². The summed E-state index contributed by atoms with van der Waals surface area (Å²) >= 11 is 6.30. The number of anilines is 1. The number of sulfonamides is 1. The highest BCUT2D eigenvalue weighted by Gasteiger charge is 2.40. The quantitative estimate of drug-likeness (QED) is 0.430. The molecule has 2 aromatic carbocycles. The summed E-state index contributed by atoms with van der Waals surface area (Å²) < 4.78 is 40.8. The van der Waals surface area contributed by atoms with Crippen LogP contribution in [0.3, 0.4) is 0 Å². The Labute approximate surface area is 246 Å². The molecule has 41 heavy (non-hydrogen) atoms. The summed E-state index contributed by atoms with van der Waals surface area (Å²) in [5, 5.41) is 10.9.